The first-order chi connectivity index (χ1) is 26.5. The minimum atomic E-state index is -1.16. The van der Waals surface area contributed by atoms with Crippen molar-refractivity contribution in [2.24, 2.45) is 16.5 Å². The number of aliphatic hydroxyl groups is 1. The largest absolute Gasteiger partial charge is 0.508 e. The van der Waals surface area contributed by atoms with Gasteiger partial charge in [0.1, 0.15) is 29.9 Å². The number of aromatic hydroxyl groups is 1. The van der Waals surface area contributed by atoms with Gasteiger partial charge in [-0.3, -0.25) is 29.0 Å². The summed E-state index contributed by atoms with van der Waals surface area (Å²) in [7, 11) is 0. The highest BCUT2D eigenvalue weighted by atomic mass is 16.3. The molecule has 0 spiro atoms. The van der Waals surface area contributed by atoms with Crippen molar-refractivity contribution in [2.75, 3.05) is 32.8 Å². The normalized spacial score (nSPS) is 19.9. The third-order valence-electron chi connectivity index (χ3n) is 9.16. The van der Waals surface area contributed by atoms with Crippen LogP contribution >= 0.6 is 0 Å². The Morgan fingerprint density at radius 1 is 0.673 bits per heavy atom. The number of nitrogens with zero attached hydrogens (tertiary/aromatic N) is 1. The molecule has 0 saturated carbocycles. The summed E-state index contributed by atoms with van der Waals surface area (Å²) in [5.74, 6) is -3.32. The maximum Gasteiger partial charge on any atom is 0.243 e. The van der Waals surface area contributed by atoms with E-state index in [1.807, 2.05) is 42.5 Å². The van der Waals surface area contributed by atoms with Gasteiger partial charge in [-0.25, -0.2) is 0 Å². The third-order valence-corrected chi connectivity index (χ3v) is 9.16. The molecule has 0 aromatic heterocycles. The molecule has 1 heterocycles. The van der Waals surface area contributed by atoms with E-state index >= 15 is 0 Å². The first kappa shape index (κ1) is 42.0. The van der Waals surface area contributed by atoms with E-state index in [0.717, 1.165) is 22.8 Å². The van der Waals surface area contributed by atoms with Gasteiger partial charge in [0.15, 0.2) is 5.96 Å². The van der Waals surface area contributed by atoms with Crippen LogP contribution in [0.5, 0.6) is 5.75 Å². The number of benzene rings is 3. The average molecular weight is 760 g/mol. The van der Waals surface area contributed by atoms with E-state index in [1.54, 1.807) is 12.1 Å². The predicted octanol–water partition coefficient (Wildman–Crippen LogP) is -0.404. The minimum Gasteiger partial charge on any atom is -0.508 e. The molecular formula is C39H53N9O7. The molecule has 1 aliphatic heterocycles. The summed E-state index contributed by atoms with van der Waals surface area (Å²) in [5.41, 5.74) is 12.4. The fourth-order valence-electron chi connectivity index (χ4n) is 6.20. The summed E-state index contributed by atoms with van der Waals surface area (Å²) < 4.78 is 0. The number of nitrogens with one attached hydrogen (secondary N) is 6. The zero-order valence-electron chi connectivity index (χ0n) is 30.9. The molecule has 1 aliphatic rings. The van der Waals surface area contributed by atoms with Crippen LogP contribution in [0.2, 0.25) is 0 Å². The van der Waals surface area contributed by atoms with Crippen LogP contribution in [0.4, 0.5) is 0 Å². The molecule has 296 valence electrons. The van der Waals surface area contributed by atoms with E-state index in [9.17, 15) is 29.1 Å². The zero-order chi connectivity index (χ0) is 39.6. The highest BCUT2D eigenvalue weighted by molar-refractivity contribution is 5.97. The number of guanidine groups is 1. The van der Waals surface area contributed by atoms with E-state index in [4.69, 9.17) is 16.6 Å². The zero-order valence-corrected chi connectivity index (χ0v) is 30.9. The van der Waals surface area contributed by atoms with Gasteiger partial charge in [-0.2, -0.15) is 0 Å². The van der Waals surface area contributed by atoms with Crippen LogP contribution in [0.3, 0.4) is 0 Å². The summed E-state index contributed by atoms with van der Waals surface area (Å²) >= 11 is 0. The number of hydrogen-bond acceptors (Lipinski definition) is 9. The van der Waals surface area contributed by atoms with Crippen LogP contribution in [0, 0.1) is 0 Å². The lowest BCUT2D eigenvalue weighted by Crippen LogP contribution is -2.58. The first-order valence-electron chi connectivity index (χ1n) is 18.6. The first-order valence-corrected chi connectivity index (χ1v) is 18.6. The van der Waals surface area contributed by atoms with E-state index in [2.05, 4.69) is 36.9 Å². The van der Waals surface area contributed by atoms with Gasteiger partial charge in [-0.1, -0.05) is 54.6 Å². The van der Waals surface area contributed by atoms with Crippen molar-refractivity contribution in [3.8, 4) is 5.75 Å². The van der Waals surface area contributed by atoms with Gasteiger partial charge in [0, 0.05) is 26.0 Å². The van der Waals surface area contributed by atoms with Crippen LogP contribution < -0.4 is 43.4 Å². The van der Waals surface area contributed by atoms with Gasteiger partial charge in [0.25, 0.3) is 0 Å². The summed E-state index contributed by atoms with van der Waals surface area (Å²) in [4.78, 5) is 72.8. The number of carbonyl (C=O) groups excluding carboxylic acids is 5. The summed E-state index contributed by atoms with van der Waals surface area (Å²) in [6.07, 6.45) is 2.60. The quantitative estimate of drug-likeness (QED) is 0.0513. The van der Waals surface area contributed by atoms with Crippen LogP contribution in [-0.4, -0.2) is 103 Å². The van der Waals surface area contributed by atoms with Crippen molar-refractivity contribution in [1.29, 1.82) is 0 Å². The SMILES string of the molecule is NC(N)=NCCC[C@@H]1NC(=O)[C@H](CCCNCCCCO)NC(=O)[C@@H](Cc2ccc(O)cc2)NC(=O)CNC(=O)[C@H](Cc2ccc3ccccc3c2)NC1=O. The molecule has 12 N–H and O–H groups in total. The standard InChI is InChI=1S/C39H53N9O7/c40-39(41)43-19-6-10-31-37(54)48-32(23-26-11-14-27-7-1-2-8-28(27)21-26)35(52)44-24-34(51)45-33(22-25-12-15-29(50)16-13-25)38(55)47-30(36(53)46-31)9-5-18-42-17-3-4-20-49/h1-2,7-8,11-16,21,30-33,42,49-50H,3-6,9-10,17-20,22-24H2,(H,44,52)(H,45,51)(H,46,53)(H,47,55)(H,48,54)(H4,40,41,43)/t30-,31-,32-,33+/m0/s1. The number of aliphatic imine (C=N–C) groups is 1. The van der Waals surface area contributed by atoms with E-state index < -0.39 is 60.2 Å². The highest BCUT2D eigenvalue weighted by Gasteiger charge is 2.32. The van der Waals surface area contributed by atoms with Crippen molar-refractivity contribution < 1.29 is 34.2 Å². The average Bonchev–Trinajstić information content (AvgIpc) is 3.17. The summed E-state index contributed by atoms with van der Waals surface area (Å²) in [6, 6.07) is 15.0. The third kappa shape index (κ3) is 14.2. The Kier molecular flexibility index (Phi) is 16.7. The Morgan fingerprint density at radius 3 is 1.95 bits per heavy atom. The van der Waals surface area contributed by atoms with Crippen LogP contribution in [0.15, 0.2) is 71.7 Å². The number of unbranched alkanes of at least 4 members (excludes halogenated alkanes) is 1. The van der Waals surface area contributed by atoms with Gasteiger partial charge in [-0.05, 0) is 85.6 Å². The Morgan fingerprint density at radius 2 is 1.25 bits per heavy atom. The topological polar surface area (TPSA) is 262 Å². The highest BCUT2D eigenvalue weighted by Crippen LogP contribution is 2.17. The fraction of sp³-hybridized carbons (Fsp3) is 0.436. The number of amides is 5. The van der Waals surface area contributed by atoms with Gasteiger partial charge >= 0.3 is 0 Å². The lowest BCUT2D eigenvalue weighted by molar-refractivity contribution is -0.134. The molecule has 3 aromatic rings. The van der Waals surface area contributed by atoms with Crippen molar-refractivity contribution in [1.82, 2.24) is 31.9 Å². The maximum absolute atomic E-state index is 14.0. The van der Waals surface area contributed by atoms with Gasteiger partial charge in [-0.15, -0.1) is 0 Å². The van der Waals surface area contributed by atoms with Gasteiger partial charge in [0.2, 0.25) is 29.5 Å². The number of phenolic OH excluding ortho intramolecular Hbond substituents is 1. The second-order valence-corrected chi connectivity index (χ2v) is 13.5. The molecule has 4 rings (SSSR count). The molecule has 16 nitrogen and oxygen atoms in total. The van der Waals surface area contributed by atoms with E-state index in [0.29, 0.717) is 37.9 Å². The number of phenols is 1. The molecule has 0 bridgehead atoms. The Hall–Kier alpha value is -5.74. The molecule has 3 aromatic carbocycles. The second-order valence-electron chi connectivity index (χ2n) is 13.5. The van der Waals surface area contributed by atoms with Crippen LogP contribution in [-0.2, 0) is 36.8 Å². The van der Waals surface area contributed by atoms with Gasteiger partial charge < -0.3 is 53.6 Å². The monoisotopic (exact) mass is 759 g/mol. The smallest absolute Gasteiger partial charge is 0.243 e. The molecular weight excluding hydrogens is 706 g/mol. The number of aliphatic hydroxyl groups excluding tert-OH is 1. The Bertz CT molecular complexity index is 1780. The van der Waals surface area contributed by atoms with E-state index in [-0.39, 0.29) is 50.5 Å². The lowest BCUT2D eigenvalue weighted by atomic mass is 10.0. The molecule has 5 amide bonds. The number of nitrogens with two attached hydrogens (primary N) is 2. The molecule has 4 atom stereocenters. The van der Waals surface area contributed by atoms with Crippen molar-refractivity contribution >= 4 is 46.3 Å². The van der Waals surface area contributed by atoms with Gasteiger partial charge in [0.05, 0.1) is 6.54 Å². The van der Waals surface area contributed by atoms with Crippen LogP contribution in [0.25, 0.3) is 10.8 Å². The molecule has 55 heavy (non-hydrogen) atoms. The molecule has 0 aliphatic carbocycles. The summed E-state index contributed by atoms with van der Waals surface area (Å²) in [5, 5.41) is 37.7. The maximum atomic E-state index is 14.0. The fourth-order valence-corrected chi connectivity index (χ4v) is 6.20. The van der Waals surface area contributed by atoms with Crippen molar-refractivity contribution in [3.63, 3.8) is 0 Å². The Balaban J connectivity index is 1.64. The number of rotatable bonds is 16. The predicted molar refractivity (Wildman–Crippen MR) is 209 cm³/mol. The number of hydrogen-bond donors (Lipinski definition) is 10. The Labute approximate surface area is 320 Å². The molecule has 1 saturated heterocycles. The number of fused-ring (bicyclic) bond motifs is 1. The van der Waals surface area contributed by atoms with Crippen molar-refractivity contribution in [3.05, 3.63) is 77.9 Å². The second kappa shape index (κ2) is 21.8. The molecule has 1 fully saturated rings. The molecule has 16 heteroatoms. The molecule has 0 radical (unpaired) electrons. The van der Waals surface area contributed by atoms with E-state index in [1.165, 1.54) is 12.1 Å². The summed E-state index contributed by atoms with van der Waals surface area (Å²) in [6.45, 7) is 0.957. The number of carbonyl (C=O) groups is 5. The minimum absolute atomic E-state index is 0.0185. The van der Waals surface area contributed by atoms with Crippen molar-refractivity contribution in [2.45, 2.75) is 75.5 Å². The lowest BCUT2D eigenvalue weighted by Gasteiger charge is -2.26. The molecule has 0 unspecified atom stereocenters. The van der Waals surface area contributed by atoms with Crippen LogP contribution in [0.1, 0.15) is 49.7 Å².